The zero-order valence-corrected chi connectivity index (χ0v) is 22.5. The van der Waals surface area contributed by atoms with E-state index in [0.717, 1.165) is 0 Å². The van der Waals surface area contributed by atoms with E-state index in [2.05, 4.69) is 20.9 Å². The van der Waals surface area contributed by atoms with E-state index >= 15 is 0 Å². The first-order valence-corrected chi connectivity index (χ1v) is 12.6. The SMILES string of the molecule is CCC(C)C(NC(=O)C(CC(C)C)NC(=O)C(N)CCCN=C(N)N)C(=O)NC(CC(C)C)C(=O)O. The van der Waals surface area contributed by atoms with E-state index < -0.39 is 47.9 Å². The van der Waals surface area contributed by atoms with Gasteiger partial charge in [0.25, 0.3) is 0 Å². The first-order chi connectivity index (χ1) is 16.7. The van der Waals surface area contributed by atoms with Crippen LogP contribution >= 0.6 is 0 Å². The number of carboxylic acid groups (broad SMARTS) is 1. The molecule has 36 heavy (non-hydrogen) atoms. The van der Waals surface area contributed by atoms with Gasteiger partial charge >= 0.3 is 5.97 Å². The van der Waals surface area contributed by atoms with Crippen molar-refractivity contribution in [3.8, 4) is 0 Å². The number of carbonyl (C=O) groups is 4. The Morgan fingerprint density at radius 3 is 1.83 bits per heavy atom. The largest absolute Gasteiger partial charge is 0.480 e. The van der Waals surface area contributed by atoms with Gasteiger partial charge in [-0.3, -0.25) is 19.4 Å². The fourth-order valence-corrected chi connectivity index (χ4v) is 3.54. The van der Waals surface area contributed by atoms with Crippen LogP contribution in [0.1, 0.15) is 73.6 Å². The molecule has 10 N–H and O–H groups in total. The molecule has 0 bridgehead atoms. The van der Waals surface area contributed by atoms with Crippen molar-refractivity contribution in [2.24, 2.45) is 39.9 Å². The topological polar surface area (TPSA) is 215 Å². The van der Waals surface area contributed by atoms with Gasteiger partial charge in [0, 0.05) is 6.54 Å². The number of guanidine groups is 1. The summed E-state index contributed by atoms with van der Waals surface area (Å²) >= 11 is 0. The van der Waals surface area contributed by atoms with Crippen LogP contribution in [0.15, 0.2) is 4.99 Å². The molecular formula is C24H47N7O5. The maximum atomic E-state index is 13.2. The van der Waals surface area contributed by atoms with E-state index in [9.17, 15) is 24.3 Å². The highest BCUT2D eigenvalue weighted by Gasteiger charge is 2.33. The number of amides is 3. The first-order valence-electron chi connectivity index (χ1n) is 12.6. The second kappa shape index (κ2) is 16.7. The van der Waals surface area contributed by atoms with Crippen molar-refractivity contribution in [2.75, 3.05) is 6.54 Å². The summed E-state index contributed by atoms with van der Waals surface area (Å²) in [5, 5.41) is 17.5. The number of hydrogen-bond acceptors (Lipinski definition) is 6. The van der Waals surface area contributed by atoms with E-state index in [1.807, 2.05) is 34.6 Å². The van der Waals surface area contributed by atoms with Crippen LogP contribution in [0.5, 0.6) is 0 Å². The highest BCUT2D eigenvalue weighted by Crippen LogP contribution is 2.13. The quantitative estimate of drug-likeness (QED) is 0.0798. The van der Waals surface area contributed by atoms with Gasteiger partial charge in [-0.25, -0.2) is 4.79 Å². The van der Waals surface area contributed by atoms with E-state index in [4.69, 9.17) is 17.2 Å². The van der Waals surface area contributed by atoms with Crippen LogP contribution in [0.2, 0.25) is 0 Å². The lowest BCUT2D eigenvalue weighted by Crippen LogP contribution is -2.59. The molecular weight excluding hydrogens is 466 g/mol. The van der Waals surface area contributed by atoms with Gasteiger partial charge in [-0.15, -0.1) is 0 Å². The zero-order valence-electron chi connectivity index (χ0n) is 22.5. The van der Waals surface area contributed by atoms with Gasteiger partial charge in [-0.2, -0.15) is 0 Å². The number of carboxylic acids is 1. The number of aliphatic imine (C=N–C) groups is 1. The molecule has 0 aliphatic rings. The molecule has 5 atom stereocenters. The molecule has 0 aromatic rings. The third-order valence-corrected chi connectivity index (χ3v) is 5.76. The van der Waals surface area contributed by atoms with Crippen LogP contribution in [0, 0.1) is 17.8 Å². The minimum atomic E-state index is -1.13. The van der Waals surface area contributed by atoms with Gasteiger partial charge in [0.2, 0.25) is 17.7 Å². The fourth-order valence-electron chi connectivity index (χ4n) is 3.54. The van der Waals surface area contributed by atoms with Crippen molar-refractivity contribution in [1.29, 1.82) is 0 Å². The molecule has 0 heterocycles. The third-order valence-electron chi connectivity index (χ3n) is 5.76. The van der Waals surface area contributed by atoms with Gasteiger partial charge < -0.3 is 38.3 Å². The Morgan fingerprint density at radius 2 is 1.36 bits per heavy atom. The Hall–Kier alpha value is -2.89. The summed E-state index contributed by atoms with van der Waals surface area (Å²) in [4.78, 5) is 54.3. The molecule has 5 unspecified atom stereocenters. The molecule has 0 aliphatic heterocycles. The molecule has 12 nitrogen and oxygen atoms in total. The number of nitrogens with one attached hydrogen (secondary N) is 3. The van der Waals surface area contributed by atoms with E-state index in [1.54, 1.807) is 6.92 Å². The van der Waals surface area contributed by atoms with Crippen LogP contribution in [0.25, 0.3) is 0 Å². The van der Waals surface area contributed by atoms with Crippen molar-refractivity contribution in [3.05, 3.63) is 0 Å². The Labute approximate surface area is 214 Å². The molecule has 0 rings (SSSR count). The lowest BCUT2D eigenvalue weighted by molar-refractivity contribution is -0.143. The lowest BCUT2D eigenvalue weighted by atomic mass is 9.95. The van der Waals surface area contributed by atoms with Crippen LogP contribution < -0.4 is 33.2 Å². The van der Waals surface area contributed by atoms with E-state index in [1.165, 1.54) is 0 Å². The molecule has 0 aromatic carbocycles. The molecule has 0 fully saturated rings. The molecule has 0 spiro atoms. The van der Waals surface area contributed by atoms with Crippen LogP contribution in [-0.2, 0) is 19.2 Å². The van der Waals surface area contributed by atoms with Crippen molar-refractivity contribution in [2.45, 2.75) is 97.8 Å². The normalized spacial score (nSPS) is 15.4. The molecule has 12 heteroatoms. The average molecular weight is 514 g/mol. The number of carbonyl (C=O) groups excluding carboxylic acids is 3. The van der Waals surface area contributed by atoms with Crippen molar-refractivity contribution in [3.63, 3.8) is 0 Å². The monoisotopic (exact) mass is 513 g/mol. The summed E-state index contributed by atoms with van der Waals surface area (Å²) in [6, 6.07) is -3.80. The first kappa shape index (κ1) is 33.1. The summed E-state index contributed by atoms with van der Waals surface area (Å²) in [6.45, 7) is 11.5. The second-order valence-corrected chi connectivity index (χ2v) is 10.1. The smallest absolute Gasteiger partial charge is 0.326 e. The average Bonchev–Trinajstić information content (AvgIpc) is 2.77. The second-order valence-electron chi connectivity index (χ2n) is 10.1. The van der Waals surface area contributed by atoms with E-state index in [0.29, 0.717) is 32.2 Å². The Balaban J connectivity index is 5.45. The molecule has 0 radical (unpaired) electrons. The van der Waals surface area contributed by atoms with Crippen molar-refractivity contribution >= 4 is 29.7 Å². The minimum absolute atomic E-state index is 0.0412. The van der Waals surface area contributed by atoms with Crippen LogP contribution in [0.4, 0.5) is 0 Å². The van der Waals surface area contributed by atoms with Gasteiger partial charge in [-0.1, -0.05) is 48.0 Å². The molecule has 0 saturated carbocycles. The standard InChI is InChI=1S/C24H47N7O5/c1-7-15(6)19(22(34)30-18(23(35)36)12-14(4)5)31-21(33)17(11-13(2)3)29-20(32)16(25)9-8-10-28-24(26)27/h13-19H,7-12,25H2,1-6H3,(H,29,32)(H,30,34)(H,31,33)(H,35,36)(H4,26,27,28). The van der Waals surface area contributed by atoms with Gasteiger partial charge in [0.1, 0.15) is 18.1 Å². The zero-order chi connectivity index (χ0) is 28.0. The summed E-state index contributed by atoms with van der Waals surface area (Å²) in [6.07, 6.45) is 1.98. The van der Waals surface area contributed by atoms with Gasteiger partial charge in [0.15, 0.2) is 5.96 Å². The lowest BCUT2D eigenvalue weighted by Gasteiger charge is -2.29. The number of hydrogen-bond donors (Lipinski definition) is 7. The fraction of sp³-hybridized carbons (Fsp3) is 0.792. The molecule has 3 amide bonds. The molecule has 0 aromatic heterocycles. The van der Waals surface area contributed by atoms with Crippen LogP contribution in [0.3, 0.4) is 0 Å². The Morgan fingerprint density at radius 1 is 0.833 bits per heavy atom. The minimum Gasteiger partial charge on any atom is -0.480 e. The number of nitrogens with two attached hydrogens (primary N) is 3. The summed E-state index contributed by atoms with van der Waals surface area (Å²) in [7, 11) is 0. The van der Waals surface area contributed by atoms with Gasteiger partial charge in [-0.05, 0) is 43.4 Å². The predicted octanol–water partition coefficient (Wildman–Crippen LogP) is 0.0446. The third kappa shape index (κ3) is 13.3. The number of aliphatic carboxylic acids is 1. The summed E-state index contributed by atoms with van der Waals surface area (Å²) in [5.74, 6) is -2.92. The predicted molar refractivity (Wildman–Crippen MR) is 140 cm³/mol. The van der Waals surface area contributed by atoms with E-state index in [-0.39, 0.29) is 30.1 Å². The summed E-state index contributed by atoms with van der Waals surface area (Å²) in [5.41, 5.74) is 16.5. The molecule has 0 aliphatic carbocycles. The van der Waals surface area contributed by atoms with Gasteiger partial charge in [0.05, 0.1) is 6.04 Å². The maximum absolute atomic E-state index is 13.2. The Bertz CT molecular complexity index is 753. The number of nitrogens with zero attached hydrogens (tertiary/aromatic N) is 1. The molecule has 208 valence electrons. The number of rotatable bonds is 17. The Kier molecular flexibility index (Phi) is 15.4. The summed E-state index contributed by atoms with van der Waals surface area (Å²) < 4.78 is 0. The maximum Gasteiger partial charge on any atom is 0.326 e. The van der Waals surface area contributed by atoms with Crippen molar-refractivity contribution in [1.82, 2.24) is 16.0 Å². The van der Waals surface area contributed by atoms with Crippen molar-refractivity contribution < 1.29 is 24.3 Å². The molecule has 0 saturated heterocycles. The highest BCUT2D eigenvalue weighted by molar-refractivity contribution is 5.94. The highest BCUT2D eigenvalue weighted by atomic mass is 16.4. The van der Waals surface area contributed by atoms with Crippen LogP contribution in [-0.4, -0.2) is 65.5 Å².